The zero-order valence-corrected chi connectivity index (χ0v) is 11.8. The first-order valence-corrected chi connectivity index (χ1v) is 7.94. The molecule has 2 unspecified atom stereocenters. The molecule has 2 aliphatic rings. The minimum atomic E-state index is 0.283. The number of carbonyl (C=O) groups is 1. The molecule has 2 bridgehead atoms. The van der Waals surface area contributed by atoms with E-state index in [-0.39, 0.29) is 5.92 Å². The Hall–Kier alpha value is -0.760. The second kappa shape index (κ2) is 5.08. The van der Waals surface area contributed by atoms with Crippen LogP contribution in [-0.2, 0) is 0 Å². The van der Waals surface area contributed by atoms with Crippen molar-refractivity contribution < 1.29 is 4.79 Å². The standard InChI is InChI=1S/C16H20OS/c1-11-6-5-9-14-15(17)12-7-3-2-4-8-13(10-12)18-16(11)14/h5-6,9,12-13H,2-4,7-8,10H2,1H3. The van der Waals surface area contributed by atoms with Crippen LogP contribution in [0.4, 0.5) is 0 Å². The predicted molar refractivity (Wildman–Crippen MR) is 76.3 cm³/mol. The van der Waals surface area contributed by atoms with Crippen LogP contribution in [0.25, 0.3) is 0 Å². The van der Waals surface area contributed by atoms with Crippen LogP contribution in [0.3, 0.4) is 0 Å². The molecule has 2 heteroatoms. The number of Topliss-reactive ketones (excluding diaryl/α,β-unsaturated/α-hetero) is 1. The zero-order valence-electron chi connectivity index (χ0n) is 10.9. The molecular formula is C16H20OS. The highest BCUT2D eigenvalue weighted by atomic mass is 32.2. The number of rotatable bonds is 0. The fourth-order valence-corrected chi connectivity index (χ4v) is 4.72. The summed E-state index contributed by atoms with van der Waals surface area (Å²) in [5.74, 6) is 0.691. The van der Waals surface area contributed by atoms with Gasteiger partial charge in [0.1, 0.15) is 0 Å². The van der Waals surface area contributed by atoms with Crippen molar-refractivity contribution in [3.8, 4) is 0 Å². The van der Waals surface area contributed by atoms with Gasteiger partial charge < -0.3 is 0 Å². The van der Waals surface area contributed by atoms with Crippen molar-refractivity contribution in [2.24, 2.45) is 5.92 Å². The van der Waals surface area contributed by atoms with Crippen molar-refractivity contribution in [1.82, 2.24) is 0 Å². The Balaban J connectivity index is 2.04. The van der Waals surface area contributed by atoms with E-state index in [0.717, 1.165) is 18.4 Å². The third kappa shape index (κ3) is 2.23. The van der Waals surface area contributed by atoms with Gasteiger partial charge in [-0.15, -0.1) is 11.8 Å². The number of hydrogen-bond donors (Lipinski definition) is 0. The lowest BCUT2D eigenvalue weighted by atomic mass is 9.85. The zero-order chi connectivity index (χ0) is 12.5. The maximum absolute atomic E-state index is 12.7. The van der Waals surface area contributed by atoms with Gasteiger partial charge in [0.2, 0.25) is 0 Å². The summed E-state index contributed by atoms with van der Waals surface area (Å²) in [6, 6.07) is 6.20. The van der Waals surface area contributed by atoms with Crippen LogP contribution in [0.2, 0.25) is 0 Å². The van der Waals surface area contributed by atoms with Gasteiger partial charge in [-0.1, -0.05) is 37.5 Å². The molecule has 1 aliphatic heterocycles. The van der Waals surface area contributed by atoms with Crippen molar-refractivity contribution in [3.05, 3.63) is 29.3 Å². The summed E-state index contributed by atoms with van der Waals surface area (Å²) < 4.78 is 0. The molecule has 0 spiro atoms. The number of fused-ring (bicyclic) bond motifs is 3. The second-order valence-corrected chi connectivity index (χ2v) is 6.94. The molecule has 1 fully saturated rings. The first kappa shape index (κ1) is 12.3. The van der Waals surface area contributed by atoms with Crippen molar-refractivity contribution in [1.29, 1.82) is 0 Å². The Bertz CT molecular complexity index is 466. The molecule has 0 saturated heterocycles. The molecule has 1 aliphatic carbocycles. The predicted octanol–water partition coefficient (Wildman–Crippen LogP) is 4.62. The van der Waals surface area contributed by atoms with E-state index in [0.29, 0.717) is 11.0 Å². The highest BCUT2D eigenvalue weighted by Gasteiger charge is 2.31. The summed E-state index contributed by atoms with van der Waals surface area (Å²) in [5, 5.41) is 0.654. The number of benzene rings is 1. The van der Waals surface area contributed by atoms with Gasteiger partial charge in [0.05, 0.1) is 0 Å². The van der Waals surface area contributed by atoms with Crippen LogP contribution in [-0.4, -0.2) is 11.0 Å². The van der Waals surface area contributed by atoms with Crippen LogP contribution < -0.4 is 0 Å². The first-order valence-electron chi connectivity index (χ1n) is 7.06. The molecule has 0 aromatic heterocycles. The van der Waals surface area contributed by atoms with E-state index in [1.54, 1.807) is 0 Å². The van der Waals surface area contributed by atoms with Crippen LogP contribution in [0, 0.1) is 12.8 Å². The Morgan fingerprint density at radius 1 is 1.17 bits per heavy atom. The summed E-state index contributed by atoms with van der Waals surface area (Å²) in [4.78, 5) is 13.9. The fourth-order valence-electron chi connectivity index (χ4n) is 3.23. The van der Waals surface area contributed by atoms with Gasteiger partial charge in [-0.3, -0.25) is 4.79 Å². The van der Waals surface area contributed by atoms with E-state index in [1.165, 1.54) is 36.1 Å². The van der Waals surface area contributed by atoms with Crippen molar-refractivity contribution >= 4 is 17.5 Å². The average Bonchev–Trinajstić information content (AvgIpc) is 2.47. The molecule has 3 rings (SSSR count). The highest BCUT2D eigenvalue weighted by molar-refractivity contribution is 8.00. The smallest absolute Gasteiger partial charge is 0.167 e. The molecule has 1 aromatic carbocycles. The van der Waals surface area contributed by atoms with Crippen LogP contribution in [0.5, 0.6) is 0 Å². The van der Waals surface area contributed by atoms with Gasteiger partial charge in [0, 0.05) is 21.6 Å². The quantitative estimate of drug-likeness (QED) is 0.677. The molecule has 0 N–H and O–H groups in total. The van der Waals surface area contributed by atoms with Crippen molar-refractivity contribution in [2.45, 2.75) is 55.6 Å². The Morgan fingerprint density at radius 3 is 2.89 bits per heavy atom. The monoisotopic (exact) mass is 260 g/mol. The molecule has 0 radical (unpaired) electrons. The van der Waals surface area contributed by atoms with Gasteiger partial charge in [0.25, 0.3) is 0 Å². The lowest BCUT2D eigenvalue weighted by Gasteiger charge is -2.21. The molecule has 18 heavy (non-hydrogen) atoms. The number of ketones is 1. The van der Waals surface area contributed by atoms with Gasteiger partial charge in [-0.05, 0) is 31.7 Å². The minimum absolute atomic E-state index is 0.283. The minimum Gasteiger partial charge on any atom is -0.294 e. The van der Waals surface area contributed by atoms with E-state index >= 15 is 0 Å². The van der Waals surface area contributed by atoms with E-state index in [9.17, 15) is 4.79 Å². The molecule has 96 valence electrons. The lowest BCUT2D eigenvalue weighted by Crippen LogP contribution is -2.19. The molecule has 1 aromatic rings. The number of carbonyl (C=O) groups excluding carboxylic acids is 1. The van der Waals surface area contributed by atoms with Crippen LogP contribution in [0.1, 0.15) is 54.4 Å². The Labute approximate surface area is 113 Å². The molecular weight excluding hydrogens is 240 g/mol. The number of aryl methyl sites for hydroxylation is 1. The number of thioether (sulfide) groups is 1. The van der Waals surface area contributed by atoms with Crippen molar-refractivity contribution in [3.63, 3.8) is 0 Å². The van der Waals surface area contributed by atoms with Gasteiger partial charge in [-0.25, -0.2) is 0 Å². The fraction of sp³-hybridized carbons (Fsp3) is 0.562. The maximum Gasteiger partial charge on any atom is 0.167 e. The summed E-state index contributed by atoms with van der Waals surface area (Å²) in [6.45, 7) is 2.14. The normalized spacial score (nSPS) is 27.9. The van der Waals surface area contributed by atoms with E-state index in [2.05, 4.69) is 13.0 Å². The molecule has 0 amide bonds. The number of hydrogen-bond acceptors (Lipinski definition) is 2. The Kier molecular flexibility index (Phi) is 3.47. The van der Waals surface area contributed by atoms with Crippen molar-refractivity contribution in [2.75, 3.05) is 0 Å². The van der Waals surface area contributed by atoms with E-state index in [1.807, 2.05) is 23.9 Å². The summed E-state index contributed by atoms with van der Waals surface area (Å²) in [7, 11) is 0. The summed E-state index contributed by atoms with van der Waals surface area (Å²) in [5.41, 5.74) is 2.27. The maximum atomic E-state index is 12.7. The summed E-state index contributed by atoms with van der Waals surface area (Å²) in [6.07, 6.45) is 7.34. The summed E-state index contributed by atoms with van der Waals surface area (Å²) >= 11 is 1.96. The first-order chi connectivity index (χ1) is 8.75. The van der Waals surface area contributed by atoms with Crippen LogP contribution >= 0.6 is 11.8 Å². The van der Waals surface area contributed by atoms with E-state index < -0.39 is 0 Å². The largest absolute Gasteiger partial charge is 0.294 e. The molecule has 1 heterocycles. The molecule has 1 nitrogen and oxygen atoms in total. The highest BCUT2D eigenvalue weighted by Crippen LogP contribution is 2.42. The third-order valence-electron chi connectivity index (χ3n) is 4.26. The van der Waals surface area contributed by atoms with Gasteiger partial charge in [0.15, 0.2) is 5.78 Å². The average molecular weight is 260 g/mol. The second-order valence-electron chi connectivity index (χ2n) is 5.63. The van der Waals surface area contributed by atoms with E-state index in [4.69, 9.17) is 0 Å². The topological polar surface area (TPSA) is 17.1 Å². The molecule has 2 atom stereocenters. The van der Waals surface area contributed by atoms with Crippen LogP contribution in [0.15, 0.2) is 23.1 Å². The molecule has 1 saturated carbocycles. The Morgan fingerprint density at radius 2 is 2.00 bits per heavy atom. The van der Waals surface area contributed by atoms with Gasteiger partial charge in [-0.2, -0.15) is 0 Å². The third-order valence-corrected chi connectivity index (χ3v) is 5.80. The van der Waals surface area contributed by atoms with Gasteiger partial charge >= 0.3 is 0 Å². The SMILES string of the molecule is Cc1cccc2c1SC1CCCCCC(C1)C2=O. The lowest BCUT2D eigenvalue weighted by molar-refractivity contribution is 0.0899.